The highest BCUT2D eigenvalue weighted by Crippen LogP contribution is 2.23. The van der Waals surface area contributed by atoms with E-state index in [2.05, 4.69) is 15.3 Å². The molecule has 1 heterocycles. The van der Waals surface area contributed by atoms with Gasteiger partial charge in [-0.3, -0.25) is 14.6 Å². The van der Waals surface area contributed by atoms with Gasteiger partial charge in [0.1, 0.15) is 5.75 Å². The molecule has 1 aromatic heterocycles. The summed E-state index contributed by atoms with van der Waals surface area (Å²) in [7, 11) is 0. The molecule has 116 valence electrons. The number of amides is 1. The lowest BCUT2D eigenvalue weighted by Crippen LogP contribution is -2.27. The van der Waals surface area contributed by atoms with Crippen LogP contribution < -0.4 is 16.6 Å². The molecule has 0 aliphatic carbocycles. The van der Waals surface area contributed by atoms with Crippen LogP contribution in [0.5, 0.6) is 5.75 Å². The number of anilines is 1. The van der Waals surface area contributed by atoms with Gasteiger partial charge in [0, 0.05) is 17.7 Å². The van der Waals surface area contributed by atoms with Crippen molar-refractivity contribution in [1.29, 1.82) is 0 Å². The number of aromatic nitrogens is 2. The van der Waals surface area contributed by atoms with Crippen LogP contribution in [0.1, 0.15) is 23.2 Å². The molecule has 0 bridgehead atoms. The number of carbonyl (C=O) groups excluding carboxylic acids is 1. The molecule has 2 rings (SSSR count). The molecule has 0 aliphatic rings. The van der Waals surface area contributed by atoms with Gasteiger partial charge in [0.15, 0.2) is 0 Å². The second-order valence-corrected chi connectivity index (χ2v) is 5.08. The molecule has 2 aromatic rings. The summed E-state index contributed by atoms with van der Waals surface area (Å²) < 4.78 is 0. The fraction of sp³-hybridized carbons (Fsp3) is 0.267. The zero-order valence-corrected chi connectivity index (χ0v) is 12.3. The Balaban J connectivity index is 2.05. The van der Waals surface area contributed by atoms with E-state index in [1.54, 1.807) is 25.1 Å². The lowest BCUT2D eigenvalue weighted by molar-refractivity contribution is -0.116. The summed E-state index contributed by atoms with van der Waals surface area (Å²) >= 11 is 0. The van der Waals surface area contributed by atoms with Crippen LogP contribution in [0, 0.1) is 13.8 Å². The number of phenols is 1. The fourth-order valence-corrected chi connectivity index (χ4v) is 2.13. The highest BCUT2D eigenvalue weighted by Gasteiger charge is 2.10. The van der Waals surface area contributed by atoms with Crippen LogP contribution in [0.25, 0.3) is 0 Å². The van der Waals surface area contributed by atoms with Crippen LogP contribution in [-0.4, -0.2) is 21.0 Å². The average Bonchev–Trinajstić information content (AvgIpc) is 2.40. The molecule has 0 saturated heterocycles. The van der Waals surface area contributed by atoms with Gasteiger partial charge in [0.2, 0.25) is 5.91 Å². The molecule has 22 heavy (non-hydrogen) atoms. The van der Waals surface area contributed by atoms with Crippen molar-refractivity contribution in [3.63, 3.8) is 0 Å². The number of benzene rings is 1. The lowest BCUT2D eigenvalue weighted by Gasteiger charge is -2.08. The number of nitrogens with one attached hydrogen (secondary N) is 3. The quantitative estimate of drug-likeness (QED) is 0.629. The van der Waals surface area contributed by atoms with Crippen LogP contribution in [0.2, 0.25) is 0 Å². The van der Waals surface area contributed by atoms with Crippen LogP contribution in [-0.2, 0) is 11.2 Å². The highest BCUT2D eigenvalue weighted by atomic mass is 16.3. The number of aromatic amines is 2. The van der Waals surface area contributed by atoms with E-state index >= 15 is 0 Å². The van der Waals surface area contributed by atoms with Gasteiger partial charge in [-0.2, -0.15) is 0 Å². The Bertz CT molecular complexity index is 820. The molecule has 0 aliphatic heterocycles. The van der Waals surface area contributed by atoms with Gasteiger partial charge >= 0.3 is 5.69 Å². The van der Waals surface area contributed by atoms with E-state index in [0.29, 0.717) is 16.9 Å². The maximum Gasteiger partial charge on any atom is 0.325 e. The maximum atomic E-state index is 11.9. The van der Waals surface area contributed by atoms with Gasteiger partial charge in [-0.15, -0.1) is 0 Å². The number of phenolic OH excluding ortho intramolecular Hbond substituents is 1. The fourth-order valence-electron chi connectivity index (χ4n) is 2.13. The number of aromatic hydroxyl groups is 1. The molecule has 0 unspecified atom stereocenters. The lowest BCUT2D eigenvalue weighted by atomic mass is 10.1. The van der Waals surface area contributed by atoms with Crippen molar-refractivity contribution in [2.24, 2.45) is 0 Å². The Kier molecular flexibility index (Phi) is 4.45. The average molecular weight is 303 g/mol. The monoisotopic (exact) mass is 303 g/mol. The third kappa shape index (κ3) is 3.63. The summed E-state index contributed by atoms with van der Waals surface area (Å²) in [6.07, 6.45) is 0.250. The molecule has 7 nitrogen and oxygen atoms in total. The minimum absolute atomic E-state index is 0.00795. The third-order valence-electron chi connectivity index (χ3n) is 3.28. The smallest absolute Gasteiger partial charge is 0.325 e. The zero-order valence-electron chi connectivity index (χ0n) is 12.3. The van der Waals surface area contributed by atoms with Crippen molar-refractivity contribution in [3.8, 4) is 5.75 Å². The van der Waals surface area contributed by atoms with E-state index in [0.717, 1.165) is 5.56 Å². The maximum absolute atomic E-state index is 11.9. The van der Waals surface area contributed by atoms with Gasteiger partial charge in [-0.1, -0.05) is 6.07 Å². The van der Waals surface area contributed by atoms with E-state index in [9.17, 15) is 19.5 Å². The first-order valence-electron chi connectivity index (χ1n) is 6.78. The number of hydrogen-bond acceptors (Lipinski definition) is 4. The zero-order chi connectivity index (χ0) is 16.3. The van der Waals surface area contributed by atoms with Gasteiger partial charge in [0.25, 0.3) is 5.56 Å². The normalized spacial score (nSPS) is 10.5. The Morgan fingerprint density at radius 3 is 2.59 bits per heavy atom. The molecule has 0 atom stereocenters. The molecule has 1 aromatic carbocycles. The van der Waals surface area contributed by atoms with Crippen LogP contribution in [0.3, 0.4) is 0 Å². The van der Waals surface area contributed by atoms with Crippen molar-refractivity contribution in [2.45, 2.75) is 26.7 Å². The van der Waals surface area contributed by atoms with Gasteiger partial charge in [-0.05, 0) is 38.0 Å². The van der Waals surface area contributed by atoms with Crippen LogP contribution >= 0.6 is 0 Å². The van der Waals surface area contributed by atoms with Gasteiger partial charge in [0.05, 0.1) is 5.69 Å². The highest BCUT2D eigenvalue weighted by molar-refractivity contribution is 5.92. The first-order chi connectivity index (χ1) is 10.4. The predicted octanol–water partition coefficient (Wildman–Crippen LogP) is 0.957. The second-order valence-electron chi connectivity index (χ2n) is 5.08. The Morgan fingerprint density at radius 1 is 1.23 bits per heavy atom. The van der Waals surface area contributed by atoms with E-state index in [4.69, 9.17) is 0 Å². The van der Waals surface area contributed by atoms with Gasteiger partial charge in [-0.25, -0.2) is 4.79 Å². The van der Waals surface area contributed by atoms with E-state index in [-0.39, 0.29) is 24.5 Å². The second kappa shape index (κ2) is 6.30. The van der Waals surface area contributed by atoms with Crippen molar-refractivity contribution >= 4 is 11.6 Å². The number of hydrogen-bond donors (Lipinski definition) is 4. The SMILES string of the molecule is Cc1ccc(NC(=O)CCc2c(C)[nH]c(=O)[nH]c2=O)c(O)c1. The molecule has 1 amide bonds. The number of H-pyrrole nitrogens is 2. The Labute approximate surface area is 126 Å². The number of carbonyl (C=O) groups is 1. The molecule has 0 fully saturated rings. The Morgan fingerprint density at radius 2 is 1.95 bits per heavy atom. The molecule has 0 spiro atoms. The summed E-state index contributed by atoms with van der Waals surface area (Å²) in [6.45, 7) is 3.44. The topological polar surface area (TPSA) is 115 Å². The summed E-state index contributed by atoms with van der Waals surface area (Å²) in [4.78, 5) is 39.3. The van der Waals surface area contributed by atoms with E-state index in [1.165, 1.54) is 0 Å². The molecular formula is C15H17N3O4. The largest absolute Gasteiger partial charge is 0.506 e. The summed E-state index contributed by atoms with van der Waals surface area (Å²) in [5.74, 6) is -0.337. The molecule has 0 radical (unpaired) electrons. The van der Waals surface area contributed by atoms with Crippen molar-refractivity contribution in [2.75, 3.05) is 5.32 Å². The van der Waals surface area contributed by atoms with E-state index < -0.39 is 11.2 Å². The number of rotatable bonds is 4. The molecule has 0 saturated carbocycles. The van der Waals surface area contributed by atoms with Crippen molar-refractivity contribution in [3.05, 3.63) is 55.9 Å². The van der Waals surface area contributed by atoms with Crippen molar-refractivity contribution in [1.82, 2.24) is 9.97 Å². The molecule has 7 heteroatoms. The first kappa shape index (κ1) is 15.6. The summed E-state index contributed by atoms with van der Waals surface area (Å²) in [5.41, 5.74) is 0.948. The van der Waals surface area contributed by atoms with E-state index in [1.807, 2.05) is 6.92 Å². The minimum Gasteiger partial charge on any atom is -0.506 e. The minimum atomic E-state index is -0.569. The van der Waals surface area contributed by atoms with Crippen LogP contribution in [0.15, 0.2) is 27.8 Å². The number of aryl methyl sites for hydroxylation is 2. The Hall–Kier alpha value is -2.83. The van der Waals surface area contributed by atoms with Gasteiger partial charge < -0.3 is 15.4 Å². The molecular weight excluding hydrogens is 286 g/mol. The third-order valence-corrected chi connectivity index (χ3v) is 3.28. The summed E-state index contributed by atoms with van der Waals surface area (Å²) in [5, 5.41) is 12.3. The standard InChI is InChI=1S/C15H17N3O4/c1-8-3-5-11(12(19)7-8)17-13(20)6-4-10-9(2)16-15(22)18-14(10)21/h3,5,7,19H,4,6H2,1-2H3,(H,17,20)(H2,16,18,21,22). The van der Waals surface area contributed by atoms with Crippen LogP contribution in [0.4, 0.5) is 5.69 Å². The summed E-state index contributed by atoms with van der Waals surface area (Å²) in [6, 6.07) is 4.93. The van der Waals surface area contributed by atoms with Crippen molar-refractivity contribution < 1.29 is 9.90 Å². The predicted molar refractivity (Wildman–Crippen MR) is 82.2 cm³/mol. The first-order valence-corrected chi connectivity index (χ1v) is 6.78. The molecule has 4 N–H and O–H groups in total.